The summed E-state index contributed by atoms with van der Waals surface area (Å²) in [4.78, 5) is 2.45. The Balaban J connectivity index is 1.66. The Hall–Kier alpha value is -0.790. The van der Waals surface area contributed by atoms with Crippen molar-refractivity contribution in [2.24, 2.45) is 0 Å². The third kappa shape index (κ3) is 4.18. The summed E-state index contributed by atoms with van der Waals surface area (Å²) in [5.74, 6) is 3.10. The molecule has 0 amide bonds. The van der Waals surface area contributed by atoms with E-state index >= 15 is 0 Å². The second-order valence-corrected chi connectivity index (χ2v) is 5.14. The van der Waals surface area contributed by atoms with E-state index in [-0.39, 0.29) is 0 Å². The van der Waals surface area contributed by atoms with Crippen molar-refractivity contribution < 1.29 is 4.42 Å². The van der Waals surface area contributed by atoms with Gasteiger partial charge in [0.1, 0.15) is 0 Å². The minimum atomic E-state index is 0.515. The molecule has 1 aromatic heterocycles. The van der Waals surface area contributed by atoms with Crippen LogP contribution < -0.4 is 10.6 Å². The van der Waals surface area contributed by atoms with Gasteiger partial charge in [-0.15, -0.1) is 5.10 Å². The summed E-state index contributed by atoms with van der Waals surface area (Å²) in [6.07, 6.45) is 0. The maximum Gasteiger partial charge on any atom is 0.315 e. The van der Waals surface area contributed by atoms with Crippen molar-refractivity contribution in [3.8, 4) is 0 Å². The van der Waals surface area contributed by atoms with Crippen LogP contribution in [-0.4, -0.2) is 59.8 Å². The average molecular weight is 257 g/mol. The molecule has 0 aliphatic carbocycles. The van der Waals surface area contributed by atoms with Crippen molar-refractivity contribution in [3.05, 3.63) is 5.89 Å². The van der Waals surface area contributed by atoms with E-state index in [9.17, 15) is 0 Å². The van der Waals surface area contributed by atoms with Gasteiger partial charge in [-0.3, -0.25) is 4.90 Å². The summed E-state index contributed by atoms with van der Waals surface area (Å²) in [5.41, 5.74) is 0. The molecule has 0 radical (unpaired) electrons. The smallest absolute Gasteiger partial charge is 0.315 e. The van der Waals surface area contributed by atoms with Gasteiger partial charge < -0.3 is 15.1 Å². The zero-order chi connectivity index (χ0) is 11.9. The van der Waals surface area contributed by atoms with E-state index in [4.69, 9.17) is 4.42 Å². The van der Waals surface area contributed by atoms with Gasteiger partial charge in [-0.05, 0) is 7.05 Å². The topological polar surface area (TPSA) is 66.2 Å². The van der Waals surface area contributed by atoms with Gasteiger partial charge in [0, 0.05) is 37.7 Å². The highest BCUT2D eigenvalue weighted by Crippen LogP contribution is 2.09. The van der Waals surface area contributed by atoms with E-state index in [2.05, 4.69) is 25.7 Å². The molecule has 0 unspecified atom stereocenters. The SMILES string of the molecule is CNCc1nnc(NCCN2CCSCC2)o1. The Labute approximate surface area is 106 Å². The Bertz CT molecular complexity index is 326. The molecular formula is C10H19N5OS. The second-order valence-electron chi connectivity index (χ2n) is 3.91. The van der Waals surface area contributed by atoms with Crippen molar-refractivity contribution in [2.75, 3.05) is 50.0 Å². The van der Waals surface area contributed by atoms with Gasteiger partial charge in [-0.2, -0.15) is 11.8 Å². The molecular weight excluding hydrogens is 238 g/mol. The molecule has 0 atom stereocenters. The third-order valence-electron chi connectivity index (χ3n) is 2.60. The van der Waals surface area contributed by atoms with Crippen LogP contribution in [0, 0.1) is 0 Å². The summed E-state index contributed by atoms with van der Waals surface area (Å²) in [6, 6.07) is 0.515. The van der Waals surface area contributed by atoms with E-state index in [1.165, 1.54) is 24.6 Å². The van der Waals surface area contributed by atoms with Crippen LogP contribution >= 0.6 is 11.8 Å². The van der Waals surface area contributed by atoms with Gasteiger partial charge in [0.2, 0.25) is 5.89 Å². The second kappa shape index (κ2) is 6.83. The fourth-order valence-electron chi connectivity index (χ4n) is 1.69. The first-order valence-corrected chi connectivity index (χ1v) is 7.05. The van der Waals surface area contributed by atoms with E-state index in [0.717, 1.165) is 13.1 Å². The van der Waals surface area contributed by atoms with Crippen LogP contribution in [0.25, 0.3) is 0 Å². The molecule has 1 fully saturated rings. The molecule has 1 aromatic rings. The number of hydrogen-bond acceptors (Lipinski definition) is 7. The van der Waals surface area contributed by atoms with Crippen LogP contribution in [0.4, 0.5) is 6.01 Å². The maximum absolute atomic E-state index is 5.39. The van der Waals surface area contributed by atoms with Gasteiger partial charge in [0.15, 0.2) is 0 Å². The molecule has 2 rings (SSSR count). The molecule has 0 saturated carbocycles. The lowest BCUT2D eigenvalue weighted by Crippen LogP contribution is -2.36. The molecule has 0 spiro atoms. The fourth-order valence-corrected chi connectivity index (χ4v) is 2.67. The van der Waals surface area contributed by atoms with Crippen molar-refractivity contribution in [1.82, 2.24) is 20.4 Å². The van der Waals surface area contributed by atoms with E-state index in [1.54, 1.807) is 0 Å². The minimum absolute atomic E-state index is 0.515. The van der Waals surface area contributed by atoms with Crippen LogP contribution in [-0.2, 0) is 6.54 Å². The summed E-state index contributed by atoms with van der Waals surface area (Å²) >= 11 is 2.03. The molecule has 0 bridgehead atoms. The van der Waals surface area contributed by atoms with Gasteiger partial charge >= 0.3 is 6.01 Å². The molecule has 0 aromatic carbocycles. The van der Waals surface area contributed by atoms with Crippen LogP contribution in [0.5, 0.6) is 0 Å². The number of rotatable bonds is 6. The number of anilines is 1. The highest BCUT2D eigenvalue weighted by molar-refractivity contribution is 7.99. The first kappa shape index (κ1) is 12.7. The third-order valence-corrected chi connectivity index (χ3v) is 3.55. The average Bonchev–Trinajstić information content (AvgIpc) is 2.79. The van der Waals surface area contributed by atoms with Gasteiger partial charge in [0.25, 0.3) is 0 Å². The lowest BCUT2D eigenvalue weighted by atomic mass is 10.4. The van der Waals surface area contributed by atoms with Crippen molar-refractivity contribution >= 4 is 17.8 Å². The predicted octanol–water partition coefficient (Wildman–Crippen LogP) is 0.250. The number of aromatic nitrogens is 2. The van der Waals surface area contributed by atoms with Gasteiger partial charge in [-0.25, -0.2) is 0 Å². The summed E-state index contributed by atoms with van der Waals surface area (Å²) in [7, 11) is 1.85. The molecule has 1 saturated heterocycles. The number of thioether (sulfide) groups is 1. The quantitative estimate of drug-likeness (QED) is 0.757. The summed E-state index contributed by atoms with van der Waals surface area (Å²) < 4.78 is 5.39. The fraction of sp³-hybridized carbons (Fsp3) is 0.800. The van der Waals surface area contributed by atoms with Gasteiger partial charge in [-0.1, -0.05) is 5.10 Å². The van der Waals surface area contributed by atoms with Crippen LogP contribution in [0.3, 0.4) is 0 Å². The van der Waals surface area contributed by atoms with E-state index in [0.29, 0.717) is 18.5 Å². The normalized spacial score (nSPS) is 17.2. The summed E-state index contributed by atoms with van der Waals surface area (Å²) in [6.45, 7) is 4.86. The monoisotopic (exact) mass is 257 g/mol. The van der Waals surface area contributed by atoms with E-state index < -0.39 is 0 Å². The molecule has 1 aliphatic rings. The Morgan fingerprint density at radius 1 is 1.35 bits per heavy atom. The van der Waals surface area contributed by atoms with Crippen LogP contribution in [0.1, 0.15) is 5.89 Å². The molecule has 2 heterocycles. The highest BCUT2D eigenvalue weighted by atomic mass is 32.2. The lowest BCUT2D eigenvalue weighted by Gasteiger charge is -2.25. The van der Waals surface area contributed by atoms with Crippen LogP contribution in [0.15, 0.2) is 4.42 Å². The zero-order valence-electron chi connectivity index (χ0n) is 10.1. The molecule has 96 valence electrons. The predicted molar refractivity (Wildman–Crippen MR) is 69.3 cm³/mol. The van der Waals surface area contributed by atoms with E-state index in [1.807, 2.05) is 18.8 Å². The molecule has 2 N–H and O–H groups in total. The first-order chi connectivity index (χ1) is 8.38. The molecule has 17 heavy (non-hydrogen) atoms. The van der Waals surface area contributed by atoms with Crippen molar-refractivity contribution in [1.29, 1.82) is 0 Å². The highest BCUT2D eigenvalue weighted by Gasteiger charge is 2.10. The van der Waals surface area contributed by atoms with Crippen molar-refractivity contribution in [2.45, 2.75) is 6.54 Å². The summed E-state index contributed by atoms with van der Waals surface area (Å²) in [5, 5.41) is 14.0. The maximum atomic E-state index is 5.39. The molecule has 7 heteroatoms. The number of hydrogen-bond donors (Lipinski definition) is 2. The number of nitrogens with one attached hydrogen (secondary N) is 2. The lowest BCUT2D eigenvalue weighted by molar-refractivity contribution is 0.313. The number of nitrogens with zero attached hydrogens (tertiary/aromatic N) is 3. The molecule has 6 nitrogen and oxygen atoms in total. The zero-order valence-corrected chi connectivity index (χ0v) is 10.9. The largest absolute Gasteiger partial charge is 0.407 e. The minimum Gasteiger partial charge on any atom is -0.407 e. The standard InChI is InChI=1S/C10H19N5OS/c1-11-8-9-13-14-10(16-9)12-2-3-15-4-6-17-7-5-15/h11H,2-8H2,1H3,(H,12,14). The Morgan fingerprint density at radius 2 is 2.18 bits per heavy atom. The Kier molecular flexibility index (Phi) is 5.08. The Morgan fingerprint density at radius 3 is 2.94 bits per heavy atom. The molecule has 1 aliphatic heterocycles. The first-order valence-electron chi connectivity index (χ1n) is 5.89. The van der Waals surface area contributed by atoms with Gasteiger partial charge in [0.05, 0.1) is 6.54 Å². The van der Waals surface area contributed by atoms with Crippen LogP contribution in [0.2, 0.25) is 0 Å². The van der Waals surface area contributed by atoms with Crippen molar-refractivity contribution in [3.63, 3.8) is 0 Å².